The lowest BCUT2D eigenvalue weighted by molar-refractivity contribution is 0.728. The van der Waals surface area contributed by atoms with Crippen LogP contribution < -0.4 is 5.73 Å². The summed E-state index contributed by atoms with van der Waals surface area (Å²) in [5, 5.41) is 4.36. The molecule has 1 aromatic carbocycles. The second-order valence-electron chi connectivity index (χ2n) is 4.33. The largest absolute Gasteiger partial charge is 0.324 e. The highest BCUT2D eigenvalue weighted by Crippen LogP contribution is 2.19. The molecule has 3 rings (SSSR count). The Morgan fingerprint density at radius 3 is 2.79 bits per heavy atom. The van der Waals surface area contributed by atoms with E-state index in [1.165, 1.54) is 4.88 Å². The summed E-state index contributed by atoms with van der Waals surface area (Å²) in [7, 11) is 0. The maximum absolute atomic E-state index is 6.20. The zero-order valence-corrected chi connectivity index (χ0v) is 11.1. The molecule has 0 aliphatic heterocycles. The van der Waals surface area contributed by atoms with Gasteiger partial charge in [-0.2, -0.15) is 5.10 Å². The Morgan fingerprint density at radius 1 is 1.21 bits per heavy atom. The average molecular weight is 270 g/mol. The summed E-state index contributed by atoms with van der Waals surface area (Å²) in [6.45, 7) is 0. The Kier molecular flexibility index (Phi) is 3.39. The molecule has 1 atom stereocenters. The van der Waals surface area contributed by atoms with Crippen LogP contribution >= 0.6 is 11.3 Å². The average Bonchev–Trinajstić information content (AvgIpc) is 3.10. The molecule has 19 heavy (non-hydrogen) atoms. The molecule has 2 aromatic heterocycles. The zero-order valence-electron chi connectivity index (χ0n) is 10.3. The van der Waals surface area contributed by atoms with Gasteiger partial charge in [-0.1, -0.05) is 18.2 Å². The topological polar surface area (TPSA) is 56.7 Å². The van der Waals surface area contributed by atoms with Crippen molar-refractivity contribution in [2.45, 2.75) is 12.5 Å². The molecule has 96 valence electrons. The number of para-hydroxylation sites is 1. The van der Waals surface area contributed by atoms with E-state index >= 15 is 0 Å². The van der Waals surface area contributed by atoms with Crippen LogP contribution in [0.5, 0.6) is 0 Å². The minimum Gasteiger partial charge on any atom is -0.324 e. The quantitative estimate of drug-likeness (QED) is 0.792. The summed E-state index contributed by atoms with van der Waals surface area (Å²) in [6, 6.07) is 9.97. The standard InChI is InChI=1S/C14H14N4S/c15-14(6-13-8-16-10-19-13)11-7-17-18(9-11)12-4-2-1-3-5-12/h1-5,7-10,14H,6,15H2. The molecule has 2 heterocycles. The summed E-state index contributed by atoms with van der Waals surface area (Å²) >= 11 is 1.63. The van der Waals surface area contributed by atoms with Gasteiger partial charge in [0.15, 0.2) is 0 Å². The molecule has 0 bridgehead atoms. The van der Waals surface area contributed by atoms with Crippen LogP contribution in [0.4, 0.5) is 0 Å². The normalized spacial score (nSPS) is 12.5. The van der Waals surface area contributed by atoms with Crippen LogP contribution in [0.1, 0.15) is 16.5 Å². The number of benzene rings is 1. The van der Waals surface area contributed by atoms with Crippen molar-refractivity contribution < 1.29 is 0 Å². The first kappa shape index (κ1) is 12.1. The van der Waals surface area contributed by atoms with E-state index in [0.29, 0.717) is 0 Å². The summed E-state index contributed by atoms with van der Waals surface area (Å²) in [5.74, 6) is 0. The molecule has 0 aliphatic carbocycles. The molecule has 4 nitrogen and oxygen atoms in total. The third-order valence-electron chi connectivity index (χ3n) is 2.96. The van der Waals surface area contributed by atoms with Gasteiger partial charge in [0.05, 0.1) is 17.4 Å². The SMILES string of the molecule is NC(Cc1cncs1)c1cnn(-c2ccccc2)c1. The van der Waals surface area contributed by atoms with Gasteiger partial charge in [0.25, 0.3) is 0 Å². The highest BCUT2D eigenvalue weighted by Gasteiger charge is 2.11. The lowest BCUT2D eigenvalue weighted by atomic mass is 10.1. The van der Waals surface area contributed by atoms with Gasteiger partial charge in [-0.25, -0.2) is 4.68 Å². The van der Waals surface area contributed by atoms with Gasteiger partial charge >= 0.3 is 0 Å². The first-order valence-electron chi connectivity index (χ1n) is 6.06. The molecular formula is C14H14N4S. The highest BCUT2D eigenvalue weighted by molar-refractivity contribution is 7.09. The summed E-state index contributed by atoms with van der Waals surface area (Å²) in [5.41, 5.74) is 10.1. The second-order valence-corrected chi connectivity index (χ2v) is 5.30. The number of rotatable bonds is 4. The van der Waals surface area contributed by atoms with Crippen LogP contribution in [0.2, 0.25) is 0 Å². The number of hydrogen-bond donors (Lipinski definition) is 1. The predicted molar refractivity (Wildman–Crippen MR) is 76.3 cm³/mol. The van der Waals surface area contributed by atoms with Crippen molar-refractivity contribution in [1.82, 2.24) is 14.8 Å². The monoisotopic (exact) mass is 270 g/mol. The summed E-state index contributed by atoms with van der Waals surface area (Å²) in [4.78, 5) is 5.26. The number of hydrogen-bond acceptors (Lipinski definition) is 4. The van der Waals surface area contributed by atoms with E-state index in [0.717, 1.165) is 17.7 Å². The first-order chi connectivity index (χ1) is 9.33. The van der Waals surface area contributed by atoms with Gasteiger partial charge in [-0.05, 0) is 12.1 Å². The highest BCUT2D eigenvalue weighted by atomic mass is 32.1. The second kappa shape index (κ2) is 5.34. The number of aromatic nitrogens is 3. The Morgan fingerprint density at radius 2 is 2.05 bits per heavy atom. The van der Waals surface area contributed by atoms with E-state index in [4.69, 9.17) is 5.73 Å². The van der Waals surface area contributed by atoms with Crippen molar-refractivity contribution in [1.29, 1.82) is 0 Å². The summed E-state index contributed by atoms with van der Waals surface area (Å²) < 4.78 is 1.85. The molecule has 0 spiro atoms. The first-order valence-corrected chi connectivity index (χ1v) is 6.94. The van der Waals surface area contributed by atoms with Crippen LogP contribution in [-0.2, 0) is 6.42 Å². The van der Waals surface area contributed by atoms with E-state index < -0.39 is 0 Å². The number of nitrogens with two attached hydrogens (primary N) is 1. The van der Waals surface area contributed by atoms with Gasteiger partial charge < -0.3 is 5.73 Å². The van der Waals surface area contributed by atoms with Gasteiger partial charge in [0, 0.05) is 35.3 Å². The maximum Gasteiger partial charge on any atom is 0.0794 e. The zero-order chi connectivity index (χ0) is 13.1. The molecule has 1 unspecified atom stereocenters. The smallest absolute Gasteiger partial charge is 0.0794 e. The molecule has 0 radical (unpaired) electrons. The van der Waals surface area contributed by atoms with E-state index in [9.17, 15) is 0 Å². The van der Waals surface area contributed by atoms with Crippen molar-refractivity contribution in [2.75, 3.05) is 0 Å². The summed E-state index contributed by atoms with van der Waals surface area (Å²) in [6.07, 6.45) is 6.48. The Balaban J connectivity index is 1.78. The van der Waals surface area contributed by atoms with Crippen LogP contribution in [0, 0.1) is 0 Å². The van der Waals surface area contributed by atoms with Crippen molar-refractivity contribution in [2.24, 2.45) is 5.73 Å². The molecule has 3 aromatic rings. The van der Waals surface area contributed by atoms with Gasteiger partial charge in [-0.3, -0.25) is 4.98 Å². The van der Waals surface area contributed by atoms with Crippen LogP contribution in [0.15, 0.2) is 54.4 Å². The van der Waals surface area contributed by atoms with Gasteiger partial charge in [0.2, 0.25) is 0 Å². The van der Waals surface area contributed by atoms with E-state index in [1.807, 2.05) is 59.1 Å². The van der Waals surface area contributed by atoms with Crippen molar-refractivity contribution in [3.63, 3.8) is 0 Å². The minimum atomic E-state index is -0.0436. The van der Waals surface area contributed by atoms with Gasteiger partial charge in [-0.15, -0.1) is 11.3 Å². The Hall–Kier alpha value is -1.98. The lowest BCUT2D eigenvalue weighted by Gasteiger charge is -2.06. The number of thiazole rings is 1. The molecule has 0 amide bonds. The third-order valence-corrected chi connectivity index (χ3v) is 3.76. The fourth-order valence-corrected chi connectivity index (χ4v) is 2.58. The van der Waals surface area contributed by atoms with Crippen molar-refractivity contribution >= 4 is 11.3 Å². The van der Waals surface area contributed by atoms with Gasteiger partial charge in [0.1, 0.15) is 0 Å². The third kappa shape index (κ3) is 2.72. The Labute approximate surface area is 115 Å². The molecule has 0 aliphatic rings. The lowest BCUT2D eigenvalue weighted by Crippen LogP contribution is -2.11. The fraction of sp³-hybridized carbons (Fsp3) is 0.143. The fourth-order valence-electron chi connectivity index (χ4n) is 1.93. The molecule has 0 saturated heterocycles. The van der Waals surface area contributed by atoms with E-state index in [-0.39, 0.29) is 6.04 Å². The minimum absolute atomic E-state index is 0.0436. The number of nitrogens with zero attached hydrogens (tertiary/aromatic N) is 3. The van der Waals surface area contributed by atoms with E-state index in [2.05, 4.69) is 10.1 Å². The van der Waals surface area contributed by atoms with Crippen molar-refractivity contribution in [3.05, 3.63) is 64.9 Å². The van der Waals surface area contributed by atoms with Crippen molar-refractivity contribution in [3.8, 4) is 5.69 Å². The molecule has 0 saturated carbocycles. The maximum atomic E-state index is 6.20. The Bertz CT molecular complexity index is 631. The molecule has 2 N–H and O–H groups in total. The van der Waals surface area contributed by atoms with Crippen LogP contribution in [0.25, 0.3) is 5.69 Å². The predicted octanol–water partition coefficient (Wildman–Crippen LogP) is 2.57. The molecule has 5 heteroatoms. The molecule has 0 fully saturated rings. The van der Waals surface area contributed by atoms with E-state index in [1.54, 1.807) is 11.3 Å². The molecular weight excluding hydrogens is 256 g/mol. The van der Waals surface area contributed by atoms with Crippen LogP contribution in [-0.4, -0.2) is 14.8 Å². The van der Waals surface area contributed by atoms with Crippen LogP contribution in [0.3, 0.4) is 0 Å².